The highest BCUT2D eigenvalue weighted by Gasteiger charge is 2.23. The Morgan fingerprint density at radius 2 is 2.05 bits per heavy atom. The largest absolute Gasteiger partial charge is 0.384 e. The molecule has 20 heavy (non-hydrogen) atoms. The number of halogens is 1. The van der Waals surface area contributed by atoms with E-state index in [4.69, 9.17) is 0 Å². The fourth-order valence-electron chi connectivity index (χ4n) is 3.02. The molecule has 0 fully saturated rings. The van der Waals surface area contributed by atoms with Gasteiger partial charge in [0.1, 0.15) is 11.9 Å². The second-order valence-electron chi connectivity index (χ2n) is 5.44. The number of benzene rings is 2. The van der Waals surface area contributed by atoms with E-state index in [1.165, 1.54) is 11.6 Å². The summed E-state index contributed by atoms with van der Waals surface area (Å²) in [7, 11) is 0. The SMILES string of the molecule is Cc1cc(C)c(C(O)c2cccc3c2NCC3)c(F)c1. The minimum atomic E-state index is -0.934. The summed E-state index contributed by atoms with van der Waals surface area (Å²) in [6.07, 6.45) is 0.0155. The molecule has 0 aliphatic carbocycles. The van der Waals surface area contributed by atoms with Crippen molar-refractivity contribution in [2.24, 2.45) is 0 Å². The molecule has 3 heteroatoms. The predicted molar refractivity (Wildman–Crippen MR) is 78.6 cm³/mol. The molecule has 1 heterocycles. The first-order chi connectivity index (χ1) is 9.58. The average Bonchev–Trinajstić information content (AvgIpc) is 2.85. The van der Waals surface area contributed by atoms with E-state index in [0.717, 1.165) is 35.3 Å². The van der Waals surface area contributed by atoms with Crippen LogP contribution in [0.2, 0.25) is 0 Å². The van der Waals surface area contributed by atoms with Crippen molar-refractivity contribution < 1.29 is 9.50 Å². The van der Waals surface area contributed by atoms with Crippen molar-refractivity contribution in [3.63, 3.8) is 0 Å². The smallest absolute Gasteiger partial charge is 0.129 e. The van der Waals surface area contributed by atoms with Crippen LogP contribution in [-0.4, -0.2) is 11.7 Å². The number of aliphatic hydroxyl groups excluding tert-OH is 1. The van der Waals surface area contributed by atoms with Crippen LogP contribution in [0.15, 0.2) is 30.3 Å². The van der Waals surface area contributed by atoms with Gasteiger partial charge in [0, 0.05) is 23.4 Å². The summed E-state index contributed by atoms with van der Waals surface area (Å²) in [6, 6.07) is 9.21. The third-order valence-corrected chi connectivity index (χ3v) is 3.93. The highest BCUT2D eigenvalue weighted by molar-refractivity contribution is 5.63. The normalized spacial score (nSPS) is 14.8. The van der Waals surface area contributed by atoms with E-state index in [1.807, 2.05) is 38.1 Å². The van der Waals surface area contributed by atoms with Crippen molar-refractivity contribution in [1.29, 1.82) is 0 Å². The number of anilines is 1. The fraction of sp³-hybridized carbons (Fsp3) is 0.294. The lowest BCUT2D eigenvalue weighted by molar-refractivity contribution is 0.215. The third-order valence-electron chi connectivity index (χ3n) is 3.93. The molecule has 1 unspecified atom stereocenters. The van der Waals surface area contributed by atoms with Gasteiger partial charge in [-0.15, -0.1) is 0 Å². The molecular formula is C17H18FNO. The van der Waals surface area contributed by atoms with Crippen LogP contribution in [0.25, 0.3) is 0 Å². The van der Waals surface area contributed by atoms with Gasteiger partial charge in [0.25, 0.3) is 0 Å². The molecule has 0 aromatic heterocycles. The maximum absolute atomic E-state index is 14.2. The van der Waals surface area contributed by atoms with Crippen LogP contribution >= 0.6 is 0 Å². The highest BCUT2D eigenvalue weighted by atomic mass is 19.1. The Morgan fingerprint density at radius 1 is 1.25 bits per heavy atom. The number of nitrogens with one attached hydrogen (secondary N) is 1. The van der Waals surface area contributed by atoms with Crippen molar-refractivity contribution in [2.45, 2.75) is 26.4 Å². The Bertz CT molecular complexity index is 643. The first kappa shape index (κ1) is 13.1. The minimum Gasteiger partial charge on any atom is -0.384 e. The molecule has 2 aromatic carbocycles. The Kier molecular flexibility index (Phi) is 3.22. The molecule has 1 aliphatic heterocycles. The van der Waals surface area contributed by atoms with E-state index >= 15 is 0 Å². The van der Waals surface area contributed by atoms with Gasteiger partial charge < -0.3 is 10.4 Å². The van der Waals surface area contributed by atoms with E-state index in [1.54, 1.807) is 0 Å². The van der Waals surface area contributed by atoms with Crippen LogP contribution in [0.5, 0.6) is 0 Å². The zero-order valence-corrected chi connectivity index (χ0v) is 11.7. The number of aryl methyl sites for hydroxylation is 2. The van der Waals surface area contributed by atoms with Gasteiger partial charge in [-0.3, -0.25) is 0 Å². The Morgan fingerprint density at radius 3 is 2.80 bits per heavy atom. The van der Waals surface area contributed by atoms with Gasteiger partial charge in [-0.05, 0) is 43.0 Å². The lowest BCUT2D eigenvalue weighted by atomic mass is 9.93. The summed E-state index contributed by atoms with van der Waals surface area (Å²) >= 11 is 0. The standard InChI is InChI=1S/C17H18FNO/c1-10-8-11(2)15(14(18)9-10)17(20)13-5-3-4-12-6-7-19-16(12)13/h3-5,8-9,17,19-20H,6-7H2,1-2H3. The molecule has 2 N–H and O–H groups in total. The molecule has 0 amide bonds. The van der Waals surface area contributed by atoms with Crippen molar-refractivity contribution >= 4 is 5.69 Å². The van der Waals surface area contributed by atoms with Crippen molar-refractivity contribution in [3.8, 4) is 0 Å². The Labute approximate surface area is 118 Å². The average molecular weight is 271 g/mol. The molecule has 0 bridgehead atoms. The van der Waals surface area contributed by atoms with Crippen LogP contribution in [-0.2, 0) is 6.42 Å². The van der Waals surface area contributed by atoms with Crippen molar-refractivity contribution in [1.82, 2.24) is 0 Å². The van der Waals surface area contributed by atoms with Crippen LogP contribution < -0.4 is 5.32 Å². The highest BCUT2D eigenvalue weighted by Crippen LogP contribution is 2.36. The van der Waals surface area contributed by atoms with Crippen LogP contribution in [0.1, 0.15) is 33.9 Å². The zero-order chi connectivity index (χ0) is 14.3. The Balaban J connectivity index is 2.10. The van der Waals surface area contributed by atoms with Crippen molar-refractivity contribution in [3.05, 3.63) is 64.0 Å². The monoisotopic (exact) mass is 271 g/mol. The first-order valence-corrected chi connectivity index (χ1v) is 6.88. The second-order valence-corrected chi connectivity index (χ2v) is 5.44. The topological polar surface area (TPSA) is 32.3 Å². The van der Waals surface area contributed by atoms with E-state index < -0.39 is 6.10 Å². The van der Waals surface area contributed by atoms with Crippen LogP contribution in [0.4, 0.5) is 10.1 Å². The van der Waals surface area contributed by atoms with E-state index in [-0.39, 0.29) is 5.82 Å². The molecule has 0 spiro atoms. The van der Waals surface area contributed by atoms with E-state index in [9.17, 15) is 9.50 Å². The summed E-state index contributed by atoms with van der Waals surface area (Å²) in [5.41, 5.74) is 4.92. The van der Waals surface area contributed by atoms with Crippen LogP contribution in [0.3, 0.4) is 0 Å². The number of para-hydroxylation sites is 1. The Hall–Kier alpha value is -1.87. The molecule has 2 nitrogen and oxygen atoms in total. The lowest BCUT2D eigenvalue weighted by Crippen LogP contribution is -2.08. The van der Waals surface area contributed by atoms with E-state index in [2.05, 4.69) is 5.32 Å². The molecular weight excluding hydrogens is 253 g/mol. The molecule has 1 atom stereocenters. The van der Waals surface area contributed by atoms with Crippen LogP contribution in [0, 0.1) is 19.7 Å². The molecule has 1 aliphatic rings. The lowest BCUT2D eigenvalue weighted by Gasteiger charge is -2.19. The second kappa shape index (κ2) is 4.91. The summed E-state index contributed by atoms with van der Waals surface area (Å²) in [5.74, 6) is -0.342. The zero-order valence-electron chi connectivity index (χ0n) is 11.7. The number of rotatable bonds is 2. The third kappa shape index (κ3) is 2.08. The summed E-state index contributed by atoms with van der Waals surface area (Å²) < 4.78 is 14.2. The summed E-state index contributed by atoms with van der Waals surface area (Å²) in [6.45, 7) is 4.56. The quantitative estimate of drug-likeness (QED) is 0.876. The molecule has 0 saturated heterocycles. The van der Waals surface area contributed by atoms with Gasteiger partial charge in [0.15, 0.2) is 0 Å². The molecule has 3 rings (SSSR count). The predicted octanol–water partition coefficient (Wildman–Crippen LogP) is 3.49. The van der Waals surface area contributed by atoms with Gasteiger partial charge in [0.05, 0.1) is 0 Å². The number of aliphatic hydroxyl groups is 1. The fourth-order valence-corrected chi connectivity index (χ4v) is 3.02. The summed E-state index contributed by atoms with van der Waals surface area (Å²) in [4.78, 5) is 0. The number of hydrogen-bond acceptors (Lipinski definition) is 2. The maximum Gasteiger partial charge on any atom is 0.129 e. The molecule has 0 radical (unpaired) electrons. The maximum atomic E-state index is 14.2. The molecule has 2 aromatic rings. The van der Waals surface area contributed by atoms with Gasteiger partial charge >= 0.3 is 0 Å². The number of fused-ring (bicyclic) bond motifs is 1. The van der Waals surface area contributed by atoms with Gasteiger partial charge in [-0.25, -0.2) is 4.39 Å². The van der Waals surface area contributed by atoms with Gasteiger partial charge in [-0.1, -0.05) is 24.3 Å². The van der Waals surface area contributed by atoms with Crippen molar-refractivity contribution in [2.75, 3.05) is 11.9 Å². The van der Waals surface area contributed by atoms with Gasteiger partial charge in [0.2, 0.25) is 0 Å². The van der Waals surface area contributed by atoms with E-state index in [0.29, 0.717) is 5.56 Å². The minimum absolute atomic E-state index is 0.342. The first-order valence-electron chi connectivity index (χ1n) is 6.88. The summed E-state index contributed by atoms with van der Waals surface area (Å²) in [5, 5.41) is 13.9. The molecule has 0 saturated carbocycles. The molecule has 104 valence electrons. The van der Waals surface area contributed by atoms with Gasteiger partial charge in [-0.2, -0.15) is 0 Å². The number of hydrogen-bond donors (Lipinski definition) is 2.